The van der Waals surface area contributed by atoms with Crippen molar-refractivity contribution in [3.63, 3.8) is 0 Å². The first-order valence-corrected chi connectivity index (χ1v) is 4.01. The second-order valence-electron chi connectivity index (χ2n) is 1.89. The third-order valence-electron chi connectivity index (χ3n) is 1.07. The zero-order chi connectivity index (χ0) is 8.65. The molecule has 0 spiro atoms. The topological polar surface area (TPSA) is 96.2 Å². The van der Waals surface area contributed by atoms with Crippen molar-refractivity contribution < 1.29 is 17.8 Å². The molecule has 0 atom stereocenters. The molecule has 1 heterocycles. The van der Waals surface area contributed by atoms with Crippen LogP contribution in [0.3, 0.4) is 0 Å². The van der Waals surface area contributed by atoms with Crippen molar-refractivity contribution in [1.29, 1.82) is 0 Å². The smallest absolute Gasteiger partial charge is 0.282 e. The second kappa shape index (κ2) is 2.21. The van der Waals surface area contributed by atoms with E-state index < -0.39 is 20.9 Å². The van der Waals surface area contributed by atoms with Crippen molar-refractivity contribution in [2.24, 2.45) is 10.2 Å². The summed E-state index contributed by atoms with van der Waals surface area (Å²) in [5.74, 6) is -1.02. The van der Waals surface area contributed by atoms with Gasteiger partial charge in [-0.15, -0.1) is 5.11 Å². The van der Waals surface area contributed by atoms with Gasteiger partial charge in [0.2, 0.25) is 0 Å². The van der Waals surface area contributed by atoms with E-state index in [0.29, 0.717) is 0 Å². The number of hydrogen-bond donors (Lipinski definition) is 1. The molecule has 7 heteroatoms. The largest absolute Gasteiger partial charge is 0.311 e. The summed E-state index contributed by atoms with van der Waals surface area (Å²) in [6, 6.07) is 0. The minimum absolute atomic E-state index is 0.0856. The highest BCUT2D eigenvalue weighted by Gasteiger charge is 2.29. The van der Waals surface area contributed by atoms with Crippen LogP contribution in [0.4, 0.5) is 0 Å². The van der Waals surface area contributed by atoms with Crippen molar-refractivity contribution in [2.45, 2.75) is 6.92 Å². The van der Waals surface area contributed by atoms with E-state index in [4.69, 9.17) is 4.55 Å². The van der Waals surface area contributed by atoms with Crippen LogP contribution in [0.25, 0.3) is 0 Å². The first-order chi connectivity index (χ1) is 4.93. The average molecular weight is 176 g/mol. The maximum Gasteiger partial charge on any atom is 0.311 e. The van der Waals surface area contributed by atoms with Crippen molar-refractivity contribution in [1.82, 2.24) is 0 Å². The molecule has 0 bridgehead atoms. The molecular weight excluding hydrogens is 172 g/mol. The van der Waals surface area contributed by atoms with Crippen molar-refractivity contribution in [2.75, 3.05) is 0 Å². The molecule has 0 aromatic carbocycles. The molecule has 1 aliphatic rings. The number of carbonyl (C=O) groups is 1. The van der Waals surface area contributed by atoms with Gasteiger partial charge in [-0.25, -0.2) is 0 Å². The quantitative estimate of drug-likeness (QED) is 0.573. The molecule has 11 heavy (non-hydrogen) atoms. The van der Waals surface area contributed by atoms with E-state index in [-0.39, 0.29) is 5.70 Å². The number of allylic oxidation sites excluding steroid dienone is 1. The Hall–Kier alpha value is -1.08. The van der Waals surface area contributed by atoms with E-state index in [1.807, 2.05) is 0 Å². The summed E-state index contributed by atoms with van der Waals surface area (Å²) >= 11 is 0. The molecule has 0 aliphatic carbocycles. The minimum atomic E-state index is -4.46. The van der Waals surface area contributed by atoms with Gasteiger partial charge < -0.3 is 0 Å². The Kier molecular flexibility index (Phi) is 1.61. The van der Waals surface area contributed by atoms with Crippen LogP contribution < -0.4 is 0 Å². The predicted octanol–water partition coefficient (Wildman–Crippen LogP) is 0.0981. The number of carbonyl (C=O) groups excluding carboxylic acids is 1. The van der Waals surface area contributed by atoms with E-state index in [0.717, 1.165) is 0 Å². The minimum Gasteiger partial charge on any atom is -0.282 e. The molecule has 1 aliphatic heterocycles. The van der Waals surface area contributed by atoms with Gasteiger partial charge in [0.05, 0.1) is 5.70 Å². The molecule has 0 saturated carbocycles. The third-order valence-corrected chi connectivity index (χ3v) is 2.06. The summed E-state index contributed by atoms with van der Waals surface area (Å²) in [5.41, 5.74) is -0.0856. The van der Waals surface area contributed by atoms with Crippen LogP contribution in [0, 0.1) is 0 Å². The lowest BCUT2D eigenvalue weighted by Gasteiger charge is -1.91. The van der Waals surface area contributed by atoms with E-state index in [1.54, 1.807) is 0 Å². The fourth-order valence-corrected chi connectivity index (χ4v) is 1.34. The molecule has 60 valence electrons. The van der Waals surface area contributed by atoms with Crippen molar-refractivity contribution in [3.8, 4) is 0 Å². The lowest BCUT2D eigenvalue weighted by molar-refractivity contribution is -0.113. The number of nitrogens with zero attached hydrogens (tertiary/aromatic N) is 2. The summed E-state index contributed by atoms with van der Waals surface area (Å²) in [6.45, 7) is 1.28. The van der Waals surface area contributed by atoms with Gasteiger partial charge in [0.1, 0.15) is 0 Å². The first-order valence-electron chi connectivity index (χ1n) is 2.57. The summed E-state index contributed by atoms with van der Waals surface area (Å²) in [7, 11) is -4.46. The highest BCUT2D eigenvalue weighted by Crippen LogP contribution is 2.19. The van der Waals surface area contributed by atoms with Gasteiger partial charge in [0.15, 0.2) is 4.91 Å². The van der Waals surface area contributed by atoms with Crippen LogP contribution in [0.15, 0.2) is 20.8 Å². The number of amides is 1. The average Bonchev–Trinajstić information content (AvgIpc) is 2.08. The second-order valence-corrected chi connectivity index (χ2v) is 3.25. The van der Waals surface area contributed by atoms with E-state index in [1.165, 1.54) is 6.92 Å². The maximum absolute atomic E-state index is 10.6. The Morgan fingerprint density at radius 1 is 1.36 bits per heavy atom. The van der Waals surface area contributed by atoms with Gasteiger partial charge in [-0.05, 0) is 6.92 Å². The molecule has 0 radical (unpaired) electrons. The van der Waals surface area contributed by atoms with Crippen LogP contribution in [0.1, 0.15) is 6.92 Å². The molecule has 0 fully saturated rings. The molecule has 1 amide bonds. The SMILES string of the molecule is CC1=C(S(=O)(=O)O)C(=O)N=N1. The standard InChI is InChI=1S/C4H4N2O4S/c1-2-3(11(8,9)10)4(7)6-5-2/h1H3,(H,8,9,10). The Balaban J connectivity index is 3.30. The predicted molar refractivity (Wildman–Crippen MR) is 34.1 cm³/mol. The van der Waals surface area contributed by atoms with Crippen LogP contribution >= 0.6 is 0 Å². The van der Waals surface area contributed by atoms with Crippen molar-refractivity contribution >= 4 is 16.0 Å². The fraction of sp³-hybridized carbons (Fsp3) is 0.250. The van der Waals surface area contributed by atoms with E-state index in [2.05, 4.69) is 10.2 Å². The van der Waals surface area contributed by atoms with Crippen LogP contribution in [0.5, 0.6) is 0 Å². The van der Waals surface area contributed by atoms with Crippen LogP contribution in [-0.4, -0.2) is 18.9 Å². The fourth-order valence-electron chi connectivity index (χ4n) is 0.663. The molecule has 1 rings (SSSR count). The molecular formula is C4H4N2O4S. The Labute approximate surface area is 62.4 Å². The molecule has 0 aromatic rings. The Morgan fingerprint density at radius 3 is 2.09 bits per heavy atom. The lowest BCUT2D eigenvalue weighted by Crippen LogP contribution is -2.08. The lowest BCUT2D eigenvalue weighted by atomic mass is 10.4. The summed E-state index contributed by atoms with van der Waals surface area (Å²) in [5, 5.41) is 6.12. The normalized spacial score (nSPS) is 18.2. The Bertz CT molecular complexity index is 364. The van der Waals surface area contributed by atoms with Gasteiger partial charge in [0, 0.05) is 0 Å². The summed E-state index contributed by atoms with van der Waals surface area (Å²) < 4.78 is 29.3. The highest BCUT2D eigenvalue weighted by molar-refractivity contribution is 7.90. The van der Waals surface area contributed by atoms with Gasteiger partial charge in [-0.2, -0.15) is 13.5 Å². The number of hydrogen-bond acceptors (Lipinski definition) is 4. The van der Waals surface area contributed by atoms with Gasteiger partial charge >= 0.3 is 16.0 Å². The number of azo groups is 1. The number of rotatable bonds is 1. The molecule has 6 nitrogen and oxygen atoms in total. The van der Waals surface area contributed by atoms with Gasteiger partial charge in [-0.1, -0.05) is 0 Å². The first kappa shape index (κ1) is 8.02. The Morgan fingerprint density at radius 2 is 1.91 bits per heavy atom. The van der Waals surface area contributed by atoms with Crippen LogP contribution in [-0.2, 0) is 14.9 Å². The van der Waals surface area contributed by atoms with Gasteiger partial charge in [0.25, 0.3) is 0 Å². The monoisotopic (exact) mass is 176 g/mol. The zero-order valence-corrected chi connectivity index (χ0v) is 6.29. The molecule has 0 aromatic heterocycles. The molecule has 0 unspecified atom stereocenters. The van der Waals surface area contributed by atoms with E-state index in [9.17, 15) is 13.2 Å². The molecule has 1 N–H and O–H groups in total. The van der Waals surface area contributed by atoms with Gasteiger partial charge in [-0.3, -0.25) is 9.35 Å². The maximum atomic E-state index is 10.6. The summed E-state index contributed by atoms with van der Waals surface area (Å²) in [6.07, 6.45) is 0. The van der Waals surface area contributed by atoms with Crippen molar-refractivity contribution in [3.05, 3.63) is 10.6 Å². The molecule has 0 saturated heterocycles. The summed E-state index contributed by atoms with van der Waals surface area (Å²) in [4.78, 5) is 9.84. The highest BCUT2D eigenvalue weighted by atomic mass is 32.2. The third kappa shape index (κ3) is 1.33. The van der Waals surface area contributed by atoms with Crippen LogP contribution in [0.2, 0.25) is 0 Å². The zero-order valence-electron chi connectivity index (χ0n) is 5.47. The van der Waals surface area contributed by atoms with E-state index >= 15 is 0 Å².